The van der Waals surface area contributed by atoms with Crippen LogP contribution in [0, 0.1) is 5.82 Å². The normalized spacial score (nSPS) is 17.4. The maximum atomic E-state index is 13.0. The van der Waals surface area contributed by atoms with E-state index in [0.717, 1.165) is 0 Å². The summed E-state index contributed by atoms with van der Waals surface area (Å²) in [5.74, 6) is 0.164. The van der Waals surface area contributed by atoms with Gasteiger partial charge in [-0.3, -0.25) is 4.79 Å². The molecule has 1 N–H and O–H groups in total. The first kappa shape index (κ1) is 17.8. The molecule has 1 fully saturated rings. The summed E-state index contributed by atoms with van der Waals surface area (Å²) >= 11 is 11.3. The predicted octanol–water partition coefficient (Wildman–Crippen LogP) is 2.42. The first-order valence-electron chi connectivity index (χ1n) is 7.28. The second-order valence-electron chi connectivity index (χ2n) is 5.20. The largest absolute Gasteiger partial charge is 0.333 e. The number of hydrogen-bond acceptors (Lipinski definition) is 2. The summed E-state index contributed by atoms with van der Waals surface area (Å²) in [5, 5.41) is 2.82. The van der Waals surface area contributed by atoms with Crippen LogP contribution in [-0.2, 0) is 4.79 Å². The second kappa shape index (κ2) is 8.36. The smallest absolute Gasteiger partial charge is 0.317 e. The van der Waals surface area contributed by atoms with Gasteiger partial charge in [0.15, 0.2) is 0 Å². The van der Waals surface area contributed by atoms with Crippen LogP contribution in [0.4, 0.5) is 14.9 Å². The van der Waals surface area contributed by atoms with Crippen molar-refractivity contribution in [1.82, 2.24) is 10.2 Å². The van der Waals surface area contributed by atoms with Gasteiger partial charge in [0, 0.05) is 43.5 Å². The number of halogens is 3. The summed E-state index contributed by atoms with van der Waals surface area (Å²) in [5.41, 5.74) is 0.617. The summed E-state index contributed by atoms with van der Waals surface area (Å²) in [6.45, 7) is 1.14. The van der Waals surface area contributed by atoms with Crippen LogP contribution in [0.3, 0.4) is 0 Å². The molecule has 3 amide bonds. The Morgan fingerprint density at radius 3 is 2.43 bits per heavy atom. The quantitative estimate of drug-likeness (QED) is 0.791. The zero-order valence-electron chi connectivity index (χ0n) is 12.5. The van der Waals surface area contributed by atoms with Gasteiger partial charge in [-0.25, -0.2) is 9.18 Å². The van der Waals surface area contributed by atoms with Crippen LogP contribution in [0.5, 0.6) is 0 Å². The monoisotopic (exact) mass is 361 g/mol. The molecule has 0 saturated carbocycles. The maximum absolute atomic E-state index is 13.0. The lowest BCUT2D eigenvalue weighted by Crippen LogP contribution is -2.47. The van der Waals surface area contributed by atoms with Crippen molar-refractivity contribution in [1.29, 1.82) is 0 Å². The number of amides is 3. The molecule has 23 heavy (non-hydrogen) atoms. The zero-order valence-corrected chi connectivity index (χ0v) is 14.0. The molecule has 0 bridgehead atoms. The summed E-state index contributed by atoms with van der Waals surface area (Å²) in [6.07, 6.45) is 0.207. The number of urea groups is 1. The van der Waals surface area contributed by atoms with Crippen molar-refractivity contribution in [3.63, 3.8) is 0 Å². The molecule has 1 aliphatic heterocycles. The molecular formula is C15H18Cl2FN3O2. The molecule has 1 aromatic carbocycles. The van der Waals surface area contributed by atoms with E-state index in [1.165, 1.54) is 21.9 Å². The summed E-state index contributed by atoms with van der Waals surface area (Å²) in [7, 11) is 0. The lowest BCUT2D eigenvalue weighted by molar-refractivity contribution is -0.117. The Kier molecular flexibility index (Phi) is 6.47. The Morgan fingerprint density at radius 1 is 1.26 bits per heavy atom. The van der Waals surface area contributed by atoms with Gasteiger partial charge in [-0.2, -0.15) is 0 Å². The number of carbonyl (C=O) groups excluding carboxylic acids is 2. The number of rotatable bonds is 6. The van der Waals surface area contributed by atoms with E-state index in [2.05, 4.69) is 5.32 Å². The van der Waals surface area contributed by atoms with Crippen LogP contribution in [-0.4, -0.2) is 54.3 Å². The molecule has 1 aromatic rings. The van der Waals surface area contributed by atoms with Crippen LogP contribution in [0.25, 0.3) is 0 Å². The van der Waals surface area contributed by atoms with E-state index < -0.39 is 0 Å². The first-order chi connectivity index (χ1) is 11.0. The van der Waals surface area contributed by atoms with Gasteiger partial charge in [0.1, 0.15) is 5.82 Å². The van der Waals surface area contributed by atoms with Gasteiger partial charge in [-0.1, -0.05) is 0 Å². The highest BCUT2D eigenvalue weighted by molar-refractivity contribution is 6.18. The van der Waals surface area contributed by atoms with Crippen molar-refractivity contribution < 1.29 is 14.0 Å². The summed E-state index contributed by atoms with van der Waals surface area (Å²) in [4.78, 5) is 27.3. The molecule has 1 aliphatic rings. The van der Waals surface area contributed by atoms with Crippen molar-refractivity contribution >= 4 is 40.8 Å². The number of anilines is 1. The van der Waals surface area contributed by atoms with Crippen LogP contribution in [0.2, 0.25) is 0 Å². The molecule has 1 atom stereocenters. The lowest BCUT2D eigenvalue weighted by atomic mass is 10.2. The molecule has 0 aromatic heterocycles. The van der Waals surface area contributed by atoms with Crippen molar-refractivity contribution in [3.8, 4) is 0 Å². The fraction of sp³-hybridized carbons (Fsp3) is 0.467. The molecular weight excluding hydrogens is 344 g/mol. The SMILES string of the molecule is O=C(N[C@@H]1CC(=O)N(c2ccc(F)cc2)C1)N(CCCl)CCCl. The third kappa shape index (κ3) is 4.72. The van der Waals surface area contributed by atoms with E-state index in [0.29, 0.717) is 37.1 Å². The minimum absolute atomic E-state index is 0.108. The Bertz CT molecular complexity index is 550. The maximum Gasteiger partial charge on any atom is 0.317 e. The zero-order chi connectivity index (χ0) is 16.8. The molecule has 8 heteroatoms. The highest BCUT2D eigenvalue weighted by Gasteiger charge is 2.32. The second-order valence-corrected chi connectivity index (χ2v) is 5.95. The molecule has 0 radical (unpaired) electrons. The Labute approximate surface area is 144 Å². The highest BCUT2D eigenvalue weighted by Crippen LogP contribution is 2.21. The summed E-state index contributed by atoms with van der Waals surface area (Å²) < 4.78 is 13.0. The topological polar surface area (TPSA) is 52.7 Å². The Morgan fingerprint density at radius 2 is 1.87 bits per heavy atom. The number of alkyl halides is 2. The third-order valence-corrected chi connectivity index (χ3v) is 3.93. The molecule has 0 spiro atoms. The minimum atomic E-state index is -0.358. The first-order valence-corrected chi connectivity index (χ1v) is 8.35. The average Bonchev–Trinajstić information content (AvgIpc) is 2.88. The molecule has 0 unspecified atom stereocenters. The number of carbonyl (C=O) groups is 2. The molecule has 1 saturated heterocycles. The van der Waals surface area contributed by atoms with E-state index in [1.807, 2.05) is 0 Å². The van der Waals surface area contributed by atoms with Crippen molar-refractivity contribution in [3.05, 3.63) is 30.1 Å². The lowest BCUT2D eigenvalue weighted by Gasteiger charge is -2.23. The van der Waals surface area contributed by atoms with E-state index in [4.69, 9.17) is 23.2 Å². The van der Waals surface area contributed by atoms with E-state index in [1.54, 1.807) is 12.1 Å². The van der Waals surface area contributed by atoms with Crippen molar-refractivity contribution in [2.24, 2.45) is 0 Å². The molecule has 126 valence electrons. The molecule has 0 aliphatic carbocycles. The van der Waals surface area contributed by atoms with Gasteiger partial charge in [-0.15, -0.1) is 23.2 Å². The highest BCUT2D eigenvalue weighted by atomic mass is 35.5. The number of nitrogens with zero attached hydrogens (tertiary/aromatic N) is 2. The number of hydrogen-bond donors (Lipinski definition) is 1. The van der Waals surface area contributed by atoms with Crippen molar-refractivity contribution in [2.45, 2.75) is 12.5 Å². The molecule has 2 rings (SSSR count). The fourth-order valence-electron chi connectivity index (χ4n) is 2.46. The number of benzene rings is 1. The average molecular weight is 362 g/mol. The van der Waals surface area contributed by atoms with Gasteiger partial charge in [0.25, 0.3) is 0 Å². The van der Waals surface area contributed by atoms with Gasteiger partial charge < -0.3 is 15.1 Å². The molecule has 1 heterocycles. The van der Waals surface area contributed by atoms with Gasteiger partial charge >= 0.3 is 6.03 Å². The summed E-state index contributed by atoms with van der Waals surface area (Å²) in [6, 6.07) is 5.11. The third-order valence-electron chi connectivity index (χ3n) is 3.59. The van der Waals surface area contributed by atoms with Crippen LogP contribution in [0.15, 0.2) is 24.3 Å². The number of nitrogens with one attached hydrogen (secondary N) is 1. The van der Waals surface area contributed by atoms with Crippen molar-refractivity contribution in [2.75, 3.05) is 36.3 Å². The Hall–Kier alpha value is -1.53. The van der Waals surface area contributed by atoms with E-state index >= 15 is 0 Å². The van der Waals surface area contributed by atoms with E-state index in [9.17, 15) is 14.0 Å². The Balaban J connectivity index is 1.96. The van der Waals surface area contributed by atoms with Crippen LogP contribution in [0.1, 0.15) is 6.42 Å². The van der Waals surface area contributed by atoms with Crippen LogP contribution < -0.4 is 10.2 Å². The van der Waals surface area contributed by atoms with Gasteiger partial charge in [-0.05, 0) is 24.3 Å². The van der Waals surface area contributed by atoms with Crippen LogP contribution >= 0.6 is 23.2 Å². The van der Waals surface area contributed by atoms with Gasteiger partial charge in [0.2, 0.25) is 5.91 Å². The van der Waals surface area contributed by atoms with E-state index in [-0.39, 0.29) is 30.2 Å². The minimum Gasteiger partial charge on any atom is -0.333 e. The fourth-order valence-corrected chi connectivity index (χ4v) is 2.87. The van der Waals surface area contributed by atoms with Gasteiger partial charge in [0.05, 0.1) is 6.04 Å². The predicted molar refractivity (Wildman–Crippen MR) is 88.7 cm³/mol. The standard InChI is InChI=1S/C15H18Cl2FN3O2/c16-5-7-20(8-6-17)15(23)19-12-9-14(22)21(10-12)13-3-1-11(18)2-4-13/h1-4,12H,5-10H2,(H,19,23)/t12-/m1/s1. The molecule has 5 nitrogen and oxygen atoms in total.